The van der Waals surface area contributed by atoms with Crippen molar-refractivity contribution in [3.05, 3.63) is 59.0 Å². The van der Waals surface area contributed by atoms with Gasteiger partial charge in [-0.1, -0.05) is 37.3 Å². The van der Waals surface area contributed by atoms with E-state index in [-0.39, 0.29) is 0 Å². The van der Waals surface area contributed by atoms with Crippen molar-refractivity contribution >= 4 is 0 Å². The molecular weight excluding hydrogens is 236 g/mol. The van der Waals surface area contributed by atoms with Crippen molar-refractivity contribution in [2.24, 2.45) is 5.73 Å². The van der Waals surface area contributed by atoms with E-state index in [0.717, 1.165) is 36.7 Å². The molecule has 0 atom stereocenters. The van der Waals surface area contributed by atoms with E-state index in [2.05, 4.69) is 42.2 Å². The van der Waals surface area contributed by atoms with Gasteiger partial charge >= 0.3 is 0 Å². The number of rotatable bonds is 6. The van der Waals surface area contributed by atoms with Crippen LogP contribution in [0.25, 0.3) is 0 Å². The molecule has 0 aliphatic carbocycles. The van der Waals surface area contributed by atoms with Crippen LogP contribution in [0, 0.1) is 6.92 Å². The number of benzene rings is 1. The van der Waals surface area contributed by atoms with E-state index >= 15 is 0 Å². The lowest BCUT2D eigenvalue weighted by Gasteiger charge is -2.19. The molecule has 3 heteroatoms. The first-order valence-corrected chi connectivity index (χ1v) is 6.77. The SMILES string of the molecule is CCN(Cc1ccccc1)Cc1cc(C)c(CN)o1. The first kappa shape index (κ1) is 13.8. The molecule has 2 N–H and O–H groups in total. The largest absolute Gasteiger partial charge is 0.463 e. The average molecular weight is 258 g/mol. The van der Waals surface area contributed by atoms with Crippen LogP contribution in [0.1, 0.15) is 29.6 Å². The summed E-state index contributed by atoms with van der Waals surface area (Å²) in [4.78, 5) is 2.36. The molecule has 19 heavy (non-hydrogen) atoms. The van der Waals surface area contributed by atoms with Gasteiger partial charge in [0.1, 0.15) is 11.5 Å². The fourth-order valence-electron chi connectivity index (χ4n) is 2.21. The van der Waals surface area contributed by atoms with Gasteiger partial charge < -0.3 is 10.2 Å². The van der Waals surface area contributed by atoms with E-state index in [0.29, 0.717) is 6.54 Å². The van der Waals surface area contributed by atoms with Crippen LogP contribution in [0.5, 0.6) is 0 Å². The van der Waals surface area contributed by atoms with Crippen molar-refractivity contribution in [1.29, 1.82) is 0 Å². The van der Waals surface area contributed by atoms with Crippen molar-refractivity contribution in [3.8, 4) is 0 Å². The Morgan fingerprint density at radius 3 is 2.47 bits per heavy atom. The van der Waals surface area contributed by atoms with Crippen LogP contribution in [-0.2, 0) is 19.6 Å². The molecule has 0 unspecified atom stereocenters. The minimum Gasteiger partial charge on any atom is -0.463 e. The quantitative estimate of drug-likeness (QED) is 0.866. The molecule has 2 rings (SSSR count). The zero-order valence-corrected chi connectivity index (χ0v) is 11.7. The zero-order valence-electron chi connectivity index (χ0n) is 11.7. The van der Waals surface area contributed by atoms with Gasteiger partial charge in [-0.15, -0.1) is 0 Å². The van der Waals surface area contributed by atoms with Gasteiger partial charge in [0.05, 0.1) is 13.1 Å². The Hall–Kier alpha value is -1.58. The molecule has 0 aliphatic heterocycles. The van der Waals surface area contributed by atoms with Gasteiger partial charge in [-0.2, -0.15) is 0 Å². The predicted molar refractivity (Wildman–Crippen MR) is 77.6 cm³/mol. The molecule has 0 amide bonds. The van der Waals surface area contributed by atoms with Gasteiger partial charge in [-0.05, 0) is 30.7 Å². The molecule has 0 bridgehead atoms. The first-order chi connectivity index (χ1) is 9.22. The van der Waals surface area contributed by atoms with E-state index in [1.54, 1.807) is 0 Å². The maximum atomic E-state index is 5.77. The summed E-state index contributed by atoms with van der Waals surface area (Å²) >= 11 is 0. The second-order valence-electron chi connectivity index (χ2n) is 4.81. The summed E-state index contributed by atoms with van der Waals surface area (Å²) in [6.07, 6.45) is 0. The van der Waals surface area contributed by atoms with Crippen LogP contribution in [-0.4, -0.2) is 11.4 Å². The normalized spacial score (nSPS) is 11.2. The van der Waals surface area contributed by atoms with Gasteiger partial charge in [-0.25, -0.2) is 0 Å². The Kier molecular flexibility index (Phi) is 4.77. The molecule has 2 aromatic rings. The maximum Gasteiger partial charge on any atom is 0.120 e. The molecule has 3 nitrogen and oxygen atoms in total. The molecular formula is C16H22N2O. The highest BCUT2D eigenvalue weighted by Gasteiger charge is 2.10. The smallest absolute Gasteiger partial charge is 0.120 e. The van der Waals surface area contributed by atoms with Gasteiger partial charge in [0.25, 0.3) is 0 Å². The number of nitrogens with zero attached hydrogens (tertiary/aromatic N) is 1. The zero-order chi connectivity index (χ0) is 13.7. The Morgan fingerprint density at radius 2 is 1.89 bits per heavy atom. The third kappa shape index (κ3) is 3.69. The summed E-state index contributed by atoms with van der Waals surface area (Å²) in [6.45, 7) is 7.44. The second kappa shape index (κ2) is 6.55. The lowest BCUT2D eigenvalue weighted by atomic mass is 10.2. The molecule has 0 spiro atoms. The van der Waals surface area contributed by atoms with Crippen molar-refractivity contribution in [2.75, 3.05) is 6.54 Å². The predicted octanol–water partition coefficient (Wildman–Crippen LogP) is 3.07. The minimum atomic E-state index is 0.469. The molecule has 0 saturated carbocycles. The van der Waals surface area contributed by atoms with E-state index in [1.807, 2.05) is 13.0 Å². The third-order valence-electron chi connectivity index (χ3n) is 3.33. The first-order valence-electron chi connectivity index (χ1n) is 6.77. The Labute approximate surface area is 115 Å². The number of aryl methyl sites for hydroxylation is 1. The van der Waals surface area contributed by atoms with Gasteiger partial charge in [0.15, 0.2) is 0 Å². The Morgan fingerprint density at radius 1 is 1.16 bits per heavy atom. The molecule has 0 fully saturated rings. The van der Waals surface area contributed by atoms with Crippen LogP contribution in [0.3, 0.4) is 0 Å². The van der Waals surface area contributed by atoms with Crippen LogP contribution < -0.4 is 5.73 Å². The third-order valence-corrected chi connectivity index (χ3v) is 3.33. The van der Waals surface area contributed by atoms with Crippen molar-refractivity contribution in [1.82, 2.24) is 4.90 Å². The van der Waals surface area contributed by atoms with E-state index in [4.69, 9.17) is 10.2 Å². The summed E-state index contributed by atoms with van der Waals surface area (Å²) in [5.74, 6) is 1.89. The number of furan rings is 1. The molecule has 1 heterocycles. The Bertz CT molecular complexity index is 505. The molecule has 0 radical (unpaired) electrons. The fourth-order valence-corrected chi connectivity index (χ4v) is 2.21. The number of hydrogen-bond acceptors (Lipinski definition) is 3. The molecule has 0 aliphatic rings. The molecule has 102 valence electrons. The van der Waals surface area contributed by atoms with Crippen LogP contribution in [0.15, 0.2) is 40.8 Å². The summed E-state index contributed by atoms with van der Waals surface area (Å²) in [6, 6.07) is 12.6. The summed E-state index contributed by atoms with van der Waals surface area (Å²) in [5, 5.41) is 0. The number of nitrogens with two attached hydrogens (primary N) is 1. The van der Waals surface area contributed by atoms with Crippen molar-refractivity contribution < 1.29 is 4.42 Å². The second-order valence-corrected chi connectivity index (χ2v) is 4.81. The average Bonchev–Trinajstić information content (AvgIpc) is 2.79. The topological polar surface area (TPSA) is 42.4 Å². The molecule has 1 aromatic heterocycles. The molecule has 1 aromatic carbocycles. The van der Waals surface area contributed by atoms with Crippen molar-refractivity contribution in [2.45, 2.75) is 33.5 Å². The monoisotopic (exact) mass is 258 g/mol. The highest BCUT2D eigenvalue weighted by Crippen LogP contribution is 2.17. The van der Waals surface area contributed by atoms with E-state index < -0.39 is 0 Å². The summed E-state index contributed by atoms with van der Waals surface area (Å²) in [7, 11) is 0. The van der Waals surface area contributed by atoms with Gasteiger partial charge in [0.2, 0.25) is 0 Å². The van der Waals surface area contributed by atoms with Crippen LogP contribution >= 0.6 is 0 Å². The minimum absolute atomic E-state index is 0.469. The highest BCUT2D eigenvalue weighted by atomic mass is 16.3. The number of hydrogen-bond donors (Lipinski definition) is 1. The van der Waals surface area contributed by atoms with E-state index in [9.17, 15) is 0 Å². The standard InChI is InChI=1S/C16H22N2O/c1-3-18(11-14-7-5-4-6-8-14)12-15-9-13(2)16(10-17)19-15/h4-9H,3,10-12,17H2,1-2H3. The summed E-state index contributed by atoms with van der Waals surface area (Å²) < 4.78 is 5.77. The van der Waals surface area contributed by atoms with Crippen LogP contribution in [0.4, 0.5) is 0 Å². The van der Waals surface area contributed by atoms with Gasteiger partial charge in [-0.3, -0.25) is 4.90 Å². The summed E-state index contributed by atoms with van der Waals surface area (Å²) in [5.41, 5.74) is 8.12. The Balaban J connectivity index is 2.02. The van der Waals surface area contributed by atoms with Crippen molar-refractivity contribution in [3.63, 3.8) is 0 Å². The molecule has 0 saturated heterocycles. The van der Waals surface area contributed by atoms with E-state index in [1.165, 1.54) is 5.56 Å². The van der Waals surface area contributed by atoms with Gasteiger partial charge in [0, 0.05) is 6.54 Å². The lowest BCUT2D eigenvalue weighted by Crippen LogP contribution is -2.21. The van der Waals surface area contributed by atoms with Crippen LogP contribution in [0.2, 0.25) is 0 Å². The fraction of sp³-hybridized carbons (Fsp3) is 0.375. The maximum absolute atomic E-state index is 5.77. The highest BCUT2D eigenvalue weighted by molar-refractivity contribution is 5.20. The lowest BCUT2D eigenvalue weighted by molar-refractivity contribution is 0.245.